The van der Waals surface area contributed by atoms with E-state index < -0.39 is 0 Å². The third-order valence-corrected chi connectivity index (χ3v) is 1.32. The molecule has 10 heavy (non-hydrogen) atoms. The van der Waals surface area contributed by atoms with Crippen molar-refractivity contribution >= 4 is 11.5 Å². The molecular weight excluding hydrogens is 152 g/mol. The van der Waals surface area contributed by atoms with E-state index in [2.05, 4.69) is 31.2 Å². The molecule has 1 radical (unpaired) electrons. The molecule has 2 heterocycles. The summed E-state index contributed by atoms with van der Waals surface area (Å²) in [5.41, 5.74) is 1.60. The van der Waals surface area contributed by atoms with Gasteiger partial charge in [-0.25, -0.2) is 4.98 Å². The number of nitrogens with zero attached hydrogens (tertiary/aromatic N) is 6. The highest BCUT2D eigenvalue weighted by Gasteiger charge is 1.99. The molecule has 2 aromatic rings. The average molecular weight is 153 g/mol. The highest BCUT2D eigenvalue weighted by molar-refractivity contribution is 7.03. The Morgan fingerprint density at radius 1 is 1.60 bits per heavy atom. The second-order valence-electron chi connectivity index (χ2n) is 1.42. The van der Waals surface area contributed by atoms with Crippen molar-refractivity contribution in [2.45, 2.75) is 0 Å². The van der Waals surface area contributed by atoms with Crippen LogP contribution in [0.5, 0.6) is 0 Å². The Morgan fingerprint density at radius 3 is 3.20 bits per heavy atom. The average Bonchev–Trinajstić information content (AvgIpc) is 2.59. The van der Waals surface area contributed by atoms with Crippen LogP contribution in [0, 0.1) is 6.33 Å². The molecule has 0 bridgehead atoms. The number of aromatic nitrogens is 6. The molecule has 49 valence electrons. The molecule has 0 saturated carbocycles. The normalized spacial score (nSPS) is 10.0. The van der Waals surface area contributed by atoms with Crippen LogP contribution in [0.25, 0.3) is 5.95 Å². The van der Waals surface area contributed by atoms with Crippen LogP contribution in [0.15, 0.2) is 5.51 Å². The lowest BCUT2D eigenvalue weighted by molar-refractivity contribution is 0.757. The van der Waals surface area contributed by atoms with Crippen molar-refractivity contribution in [1.29, 1.82) is 0 Å². The maximum absolute atomic E-state index is 3.88. The van der Waals surface area contributed by atoms with Crippen LogP contribution in [-0.2, 0) is 0 Å². The molecule has 0 aliphatic carbocycles. The van der Waals surface area contributed by atoms with E-state index in [1.165, 1.54) is 16.2 Å². The summed E-state index contributed by atoms with van der Waals surface area (Å²) in [4.78, 5) is 3.86. The highest BCUT2D eigenvalue weighted by atomic mass is 32.1. The minimum Gasteiger partial charge on any atom is -0.206 e. The summed E-state index contributed by atoms with van der Waals surface area (Å²) in [5.74, 6) is 0.454. The van der Waals surface area contributed by atoms with Crippen LogP contribution in [0.1, 0.15) is 0 Å². The molecule has 0 spiro atoms. The van der Waals surface area contributed by atoms with Crippen molar-refractivity contribution in [2.24, 2.45) is 0 Å². The number of hydrogen-bond donors (Lipinski definition) is 0. The van der Waals surface area contributed by atoms with Crippen LogP contribution in [0.3, 0.4) is 0 Å². The maximum atomic E-state index is 3.88. The van der Waals surface area contributed by atoms with E-state index in [-0.39, 0.29) is 0 Å². The number of tetrazole rings is 1. The molecule has 0 aliphatic rings. The Kier molecular flexibility index (Phi) is 1.14. The minimum atomic E-state index is 0.454. The van der Waals surface area contributed by atoms with Gasteiger partial charge in [-0.3, -0.25) is 0 Å². The van der Waals surface area contributed by atoms with Gasteiger partial charge >= 0.3 is 0 Å². The molecule has 0 atom stereocenters. The molecule has 0 fully saturated rings. The van der Waals surface area contributed by atoms with Crippen molar-refractivity contribution in [3.8, 4) is 5.95 Å². The van der Waals surface area contributed by atoms with Crippen molar-refractivity contribution in [3.05, 3.63) is 11.8 Å². The van der Waals surface area contributed by atoms with Gasteiger partial charge in [0.05, 0.1) is 0 Å². The second-order valence-corrected chi connectivity index (χ2v) is 2.03. The lowest BCUT2D eigenvalue weighted by Gasteiger charge is -1.83. The fourth-order valence-electron chi connectivity index (χ4n) is 0.485. The Balaban J connectivity index is 2.48. The molecule has 0 aromatic carbocycles. The summed E-state index contributed by atoms with van der Waals surface area (Å²) in [7, 11) is 0. The molecule has 0 aliphatic heterocycles. The van der Waals surface area contributed by atoms with Crippen molar-refractivity contribution in [2.75, 3.05) is 0 Å². The van der Waals surface area contributed by atoms with E-state index >= 15 is 0 Å². The predicted molar refractivity (Wildman–Crippen MR) is 31.5 cm³/mol. The zero-order valence-corrected chi connectivity index (χ0v) is 5.49. The molecule has 0 N–H and O–H groups in total. The van der Waals surface area contributed by atoms with Crippen LogP contribution < -0.4 is 0 Å². The van der Waals surface area contributed by atoms with Gasteiger partial charge in [0.2, 0.25) is 6.33 Å². The molecule has 6 nitrogen and oxygen atoms in total. The van der Waals surface area contributed by atoms with Gasteiger partial charge in [-0.1, -0.05) is 0 Å². The first-order valence-corrected chi connectivity index (χ1v) is 3.23. The first-order valence-electron chi connectivity index (χ1n) is 2.39. The van der Waals surface area contributed by atoms with Gasteiger partial charge in [0.15, 0.2) is 0 Å². The van der Waals surface area contributed by atoms with E-state index in [0.29, 0.717) is 5.95 Å². The highest BCUT2D eigenvalue weighted by Crippen LogP contribution is 1.96. The lowest BCUT2D eigenvalue weighted by atomic mass is 11.0. The van der Waals surface area contributed by atoms with Crippen LogP contribution >= 0.6 is 11.5 Å². The van der Waals surface area contributed by atoms with Gasteiger partial charge in [0, 0.05) is 0 Å². The van der Waals surface area contributed by atoms with Gasteiger partial charge in [-0.15, -0.1) is 5.10 Å². The summed E-state index contributed by atoms with van der Waals surface area (Å²) in [6, 6.07) is 0. The van der Waals surface area contributed by atoms with Crippen molar-refractivity contribution in [3.63, 3.8) is 0 Å². The minimum absolute atomic E-state index is 0.454. The first-order chi connectivity index (χ1) is 4.97. The topological polar surface area (TPSA) is 69.4 Å². The quantitative estimate of drug-likeness (QED) is 0.542. The molecule has 0 unspecified atom stereocenters. The Morgan fingerprint density at radius 2 is 2.60 bits per heavy atom. The summed E-state index contributed by atoms with van der Waals surface area (Å²) in [6.07, 6.45) is 2.47. The maximum Gasteiger partial charge on any atom is 0.265 e. The Hall–Kier alpha value is -1.37. The van der Waals surface area contributed by atoms with Crippen LogP contribution in [-0.4, -0.2) is 29.6 Å². The molecule has 7 heteroatoms. The standard InChI is InChI=1S/C3HN6S/c1-5-7-8-9(1)3-4-2-10-6-3/h2H. The lowest BCUT2D eigenvalue weighted by Crippen LogP contribution is -1.96. The molecule has 2 aromatic heterocycles. The van der Waals surface area contributed by atoms with Gasteiger partial charge < -0.3 is 0 Å². The van der Waals surface area contributed by atoms with Crippen molar-refractivity contribution in [1.82, 2.24) is 29.6 Å². The predicted octanol–water partition coefficient (Wildman–Crippen LogP) is -0.686. The molecule has 2 rings (SSSR count). The monoisotopic (exact) mass is 153 g/mol. The van der Waals surface area contributed by atoms with Crippen LogP contribution in [0.4, 0.5) is 0 Å². The molecule has 0 amide bonds. The SMILES string of the molecule is [c]1nnnn1-c1ncsn1. The summed E-state index contributed by atoms with van der Waals surface area (Å²) in [6.45, 7) is 0. The Bertz CT molecular complexity index is 252. The van der Waals surface area contributed by atoms with Crippen LogP contribution in [0.2, 0.25) is 0 Å². The van der Waals surface area contributed by atoms with E-state index in [1.54, 1.807) is 5.51 Å². The fraction of sp³-hybridized carbons (Fsp3) is 0. The third-order valence-electron chi connectivity index (χ3n) is 0.853. The zero-order chi connectivity index (χ0) is 6.81. The largest absolute Gasteiger partial charge is 0.265 e. The third kappa shape index (κ3) is 0.760. The van der Waals surface area contributed by atoms with E-state index in [1.807, 2.05) is 0 Å². The second kappa shape index (κ2) is 2.10. The molecule has 0 saturated heterocycles. The van der Waals surface area contributed by atoms with E-state index in [4.69, 9.17) is 0 Å². The summed E-state index contributed by atoms with van der Waals surface area (Å²) in [5, 5.41) is 10.2. The van der Waals surface area contributed by atoms with Gasteiger partial charge in [-0.05, 0) is 22.0 Å². The zero-order valence-electron chi connectivity index (χ0n) is 4.67. The fourth-order valence-corrected chi connectivity index (χ4v) is 0.893. The Labute approximate surface area is 59.7 Å². The number of hydrogen-bond acceptors (Lipinski definition) is 6. The first kappa shape index (κ1) is 5.42. The van der Waals surface area contributed by atoms with Gasteiger partial charge in [0.1, 0.15) is 5.51 Å². The number of rotatable bonds is 1. The summed E-state index contributed by atoms with van der Waals surface area (Å²) >= 11 is 1.24. The van der Waals surface area contributed by atoms with Crippen molar-refractivity contribution < 1.29 is 0 Å². The van der Waals surface area contributed by atoms with Gasteiger partial charge in [0.25, 0.3) is 5.95 Å². The molecular formula is C3HN6S. The summed E-state index contributed by atoms with van der Waals surface area (Å²) < 4.78 is 5.15. The van der Waals surface area contributed by atoms with Gasteiger partial charge in [-0.2, -0.15) is 9.06 Å². The van der Waals surface area contributed by atoms with E-state index in [9.17, 15) is 0 Å². The van der Waals surface area contributed by atoms with E-state index in [0.717, 1.165) is 0 Å². The smallest absolute Gasteiger partial charge is 0.206 e.